The van der Waals surface area contributed by atoms with Gasteiger partial charge in [0.2, 0.25) is 5.91 Å². The van der Waals surface area contributed by atoms with Crippen LogP contribution in [-0.4, -0.2) is 28.6 Å². The van der Waals surface area contributed by atoms with Gasteiger partial charge in [0.15, 0.2) is 5.60 Å². The van der Waals surface area contributed by atoms with Crippen LogP contribution < -0.4 is 15.8 Å². The molecule has 150 valence electrons. The largest absolute Gasteiger partial charge is 0.508 e. The standard InChI is InChI=1S/C22H16N2O6/c23-10-20(27)24-11-1-4-15-14(7-11)21(28)30-22(15)16-5-2-12(25)8-18(16)29-19-9-13(26)3-6-17(19)22/h1-9,25-26H,10,23H2,(H,24,27). The molecule has 2 heterocycles. The van der Waals surface area contributed by atoms with Crippen LogP contribution >= 0.6 is 0 Å². The Balaban J connectivity index is 1.76. The van der Waals surface area contributed by atoms with Crippen LogP contribution in [0.1, 0.15) is 27.0 Å². The van der Waals surface area contributed by atoms with Gasteiger partial charge in [-0.3, -0.25) is 4.79 Å². The zero-order chi connectivity index (χ0) is 21.0. The second kappa shape index (κ2) is 6.23. The molecule has 0 saturated heterocycles. The molecule has 8 nitrogen and oxygen atoms in total. The number of anilines is 1. The van der Waals surface area contributed by atoms with Gasteiger partial charge < -0.3 is 30.7 Å². The number of phenols is 2. The van der Waals surface area contributed by atoms with Crippen LogP contribution in [0.5, 0.6) is 23.0 Å². The topological polar surface area (TPSA) is 131 Å². The summed E-state index contributed by atoms with van der Waals surface area (Å²) in [6, 6.07) is 14.0. The lowest BCUT2D eigenvalue weighted by atomic mass is 9.77. The maximum Gasteiger partial charge on any atom is 0.340 e. The highest BCUT2D eigenvalue weighted by Gasteiger charge is 2.53. The average Bonchev–Trinajstić information content (AvgIpc) is 3.00. The van der Waals surface area contributed by atoms with E-state index in [1.54, 1.807) is 24.3 Å². The predicted molar refractivity (Wildman–Crippen MR) is 106 cm³/mol. The molecule has 2 aliphatic heterocycles. The van der Waals surface area contributed by atoms with E-state index in [1.807, 2.05) is 0 Å². The number of hydrogen-bond acceptors (Lipinski definition) is 7. The molecule has 0 atom stereocenters. The van der Waals surface area contributed by atoms with Crippen LogP contribution in [0.15, 0.2) is 54.6 Å². The first-order valence-corrected chi connectivity index (χ1v) is 9.15. The molecule has 1 amide bonds. The van der Waals surface area contributed by atoms with Gasteiger partial charge in [-0.05, 0) is 36.4 Å². The van der Waals surface area contributed by atoms with Gasteiger partial charge in [0.25, 0.3) is 0 Å². The van der Waals surface area contributed by atoms with Gasteiger partial charge in [-0.25, -0.2) is 4.79 Å². The van der Waals surface area contributed by atoms with Crippen LogP contribution in [0, 0.1) is 0 Å². The highest BCUT2D eigenvalue weighted by Crippen LogP contribution is 2.57. The summed E-state index contributed by atoms with van der Waals surface area (Å²) in [5.41, 5.74) is 6.34. The van der Waals surface area contributed by atoms with E-state index >= 15 is 0 Å². The molecule has 5 N–H and O–H groups in total. The van der Waals surface area contributed by atoms with Crippen LogP contribution in [0.4, 0.5) is 5.69 Å². The SMILES string of the molecule is NCC(=O)Nc1ccc2c(c1)C(=O)OC21c2ccc(O)cc2Oc2cc(O)ccc21. The summed E-state index contributed by atoms with van der Waals surface area (Å²) in [5, 5.41) is 22.5. The van der Waals surface area contributed by atoms with E-state index in [-0.39, 0.29) is 29.5 Å². The third kappa shape index (κ3) is 2.44. The number of phenolic OH excluding ortho intramolecular Hbond substituents is 2. The molecule has 2 aliphatic rings. The number of hydrogen-bond donors (Lipinski definition) is 4. The van der Waals surface area contributed by atoms with Gasteiger partial charge >= 0.3 is 5.97 Å². The Morgan fingerprint density at radius 2 is 1.53 bits per heavy atom. The number of benzene rings is 3. The van der Waals surface area contributed by atoms with Crippen molar-refractivity contribution < 1.29 is 29.3 Å². The normalized spacial score (nSPS) is 14.9. The van der Waals surface area contributed by atoms with Gasteiger partial charge in [0.1, 0.15) is 23.0 Å². The third-order valence-corrected chi connectivity index (χ3v) is 5.24. The van der Waals surface area contributed by atoms with Gasteiger partial charge in [-0.15, -0.1) is 0 Å². The fourth-order valence-electron chi connectivity index (χ4n) is 4.00. The fourth-order valence-corrected chi connectivity index (χ4v) is 4.00. The van der Waals surface area contributed by atoms with Gasteiger partial charge in [0.05, 0.1) is 12.1 Å². The molecule has 0 unspecified atom stereocenters. The molecular formula is C22H16N2O6. The molecular weight excluding hydrogens is 388 g/mol. The van der Waals surface area contributed by atoms with E-state index < -0.39 is 11.6 Å². The fraction of sp³-hybridized carbons (Fsp3) is 0.0909. The number of esters is 1. The Kier molecular flexibility index (Phi) is 3.74. The van der Waals surface area contributed by atoms with Crippen LogP contribution in [-0.2, 0) is 15.1 Å². The molecule has 1 spiro atoms. The Morgan fingerprint density at radius 3 is 2.13 bits per heavy atom. The number of nitrogens with two attached hydrogens (primary N) is 1. The molecule has 30 heavy (non-hydrogen) atoms. The number of fused-ring (bicyclic) bond motifs is 6. The van der Waals surface area contributed by atoms with Gasteiger partial charge in [0, 0.05) is 34.5 Å². The quantitative estimate of drug-likeness (QED) is 0.483. The molecule has 0 aromatic heterocycles. The summed E-state index contributed by atoms with van der Waals surface area (Å²) in [6.45, 7) is -0.184. The molecule has 0 saturated carbocycles. The summed E-state index contributed by atoms with van der Waals surface area (Å²) in [7, 11) is 0. The van der Waals surface area contributed by atoms with Crippen molar-refractivity contribution in [1.82, 2.24) is 0 Å². The van der Waals surface area contributed by atoms with Crippen molar-refractivity contribution in [3.8, 4) is 23.0 Å². The van der Waals surface area contributed by atoms with E-state index in [2.05, 4.69) is 5.32 Å². The van der Waals surface area contributed by atoms with Crippen molar-refractivity contribution in [2.24, 2.45) is 5.73 Å². The zero-order valence-corrected chi connectivity index (χ0v) is 15.5. The lowest BCUT2D eigenvalue weighted by Crippen LogP contribution is -2.32. The van der Waals surface area contributed by atoms with Crippen molar-refractivity contribution in [3.05, 3.63) is 76.9 Å². The maximum atomic E-state index is 12.9. The van der Waals surface area contributed by atoms with E-state index in [4.69, 9.17) is 15.2 Å². The lowest BCUT2D eigenvalue weighted by Gasteiger charge is -2.36. The molecule has 3 aromatic rings. The lowest BCUT2D eigenvalue weighted by molar-refractivity contribution is -0.114. The number of carbonyl (C=O) groups is 2. The van der Waals surface area contributed by atoms with Gasteiger partial charge in [-0.1, -0.05) is 6.07 Å². The first-order valence-electron chi connectivity index (χ1n) is 9.15. The Hall–Kier alpha value is -4.04. The maximum absolute atomic E-state index is 12.9. The summed E-state index contributed by atoms with van der Waals surface area (Å²) in [5.74, 6) is -0.394. The Labute approximate surface area is 170 Å². The Morgan fingerprint density at radius 1 is 0.933 bits per heavy atom. The summed E-state index contributed by atoms with van der Waals surface area (Å²) in [4.78, 5) is 24.5. The highest BCUT2D eigenvalue weighted by molar-refractivity contribution is 6.00. The van der Waals surface area contributed by atoms with Crippen LogP contribution in [0.25, 0.3) is 0 Å². The molecule has 0 aliphatic carbocycles. The van der Waals surface area contributed by atoms with E-state index in [1.165, 1.54) is 30.3 Å². The van der Waals surface area contributed by atoms with Crippen molar-refractivity contribution in [2.75, 3.05) is 11.9 Å². The van der Waals surface area contributed by atoms with Crippen LogP contribution in [0.3, 0.4) is 0 Å². The van der Waals surface area contributed by atoms with E-state index in [9.17, 15) is 19.8 Å². The predicted octanol–water partition coefficient (Wildman–Crippen LogP) is 2.56. The van der Waals surface area contributed by atoms with Crippen molar-refractivity contribution in [1.29, 1.82) is 0 Å². The number of aromatic hydroxyl groups is 2. The number of rotatable bonds is 2. The molecule has 0 fully saturated rings. The molecule has 3 aromatic carbocycles. The second-order valence-corrected chi connectivity index (χ2v) is 7.05. The monoisotopic (exact) mass is 404 g/mol. The number of nitrogens with one attached hydrogen (secondary N) is 1. The first kappa shape index (κ1) is 18.0. The average molecular weight is 404 g/mol. The number of ether oxygens (including phenoxy) is 2. The highest BCUT2D eigenvalue weighted by atomic mass is 16.6. The smallest absolute Gasteiger partial charge is 0.340 e. The molecule has 5 rings (SSSR count). The Bertz CT molecular complexity index is 1180. The molecule has 0 radical (unpaired) electrons. The molecule has 8 heteroatoms. The summed E-state index contributed by atoms with van der Waals surface area (Å²) >= 11 is 0. The number of carbonyl (C=O) groups excluding carboxylic acids is 2. The van der Waals surface area contributed by atoms with E-state index in [0.29, 0.717) is 33.9 Å². The first-order chi connectivity index (χ1) is 14.4. The van der Waals surface area contributed by atoms with Crippen molar-refractivity contribution in [3.63, 3.8) is 0 Å². The summed E-state index contributed by atoms with van der Waals surface area (Å²) in [6.07, 6.45) is 0. The third-order valence-electron chi connectivity index (χ3n) is 5.24. The minimum absolute atomic E-state index is 0.0168. The van der Waals surface area contributed by atoms with Crippen molar-refractivity contribution >= 4 is 17.6 Å². The number of amides is 1. The molecule has 0 bridgehead atoms. The zero-order valence-electron chi connectivity index (χ0n) is 15.5. The second-order valence-electron chi connectivity index (χ2n) is 7.05. The van der Waals surface area contributed by atoms with Gasteiger partial charge in [-0.2, -0.15) is 0 Å². The van der Waals surface area contributed by atoms with Crippen molar-refractivity contribution in [2.45, 2.75) is 5.60 Å². The minimum Gasteiger partial charge on any atom is -0.508 e. The summed E-state index contributed by atoms with van der Waals surface area (Å²) < 4.78 is 11.8. The minimum atomic E-state index is -1.33. The van der Waals surface area contributed by atoms with Crippen LogP contribution in [0.2, 0.25) is 0 Å². The van der Waals surface area contributed by atoms with E-state index in [0.717, 1.165) is 0 Å².